The van der Waals surface area contributed by atoms with E-state index in [0.717, 1.165) is 29.6 Å². The lowest BCUT2D eigenvalue weighted by atomic mass is 9.92. The molecule has 5 nitrogen and oxygen atoms in total. The fraction of sp³-hybridized carbons (Fsp3) is 0.526. The van der Waals surface area contributed by atoms with Gasteiger partial charge in [-0.05, 0) is 31.2 Å². The molecule has 1 amide bonds. The van der Waals surface area contributed by atoms with Gasteiger partial charge in [0, 0.05) is 25.7 Å². The summed E-state index contributed by atoms with van der Waals surface area (Å²) < 4.78 is 1.97. The van der Waals surface area contributed by atoms with Crippen LogP contribution in [0.3, 0.4) is 0 Å². The summed E-state index contributed by atoms with van der Waals surface area (Å²) in [6.07, 6.45) is 1.21. The Morgan fingerprint density at radius 1 is 1.24 bits per heavy atom. The first kappa shape index (κ1) is 18.0. The summed E-state index contributed by atoms with van der Waals surface area (Å²) in [7, 11) is 1.95. The molecule has 1 aliphatic rings. The Kier molecular flexibility index (Phi) is 5.47. The van der Waals surface area contributed by atoms with Crippen LogP contribution in [0.15, 0.2) is 29.4 Å². The van der Waals surface area contributed by atoms with Crippen LogP contribution in [0.5, 0.6) is 0 Å². The van der Waals surface area contributed by atoms with E-state index in [0.29, 0.717) is 17.6 Å². The zero-order valence-corrected chi connectivity index (χ0v) is 16.2. The molecular formula is C19H26N4OS. The number of nitrogens with zero attached hydrogens (tertiary/aromatic N) is 4. The van der Waals surface area contributed by atoms with E-state index in [1.807, 2.05) is 28.6 Å². The van der Waals surface area contributed by atoms with E-state index in [1.165, 1.54) is 23.7 Å². The number of amides is 1. The Labute approximate surface area is 153 Å². The SMILES string of the molecule is Cc1cccc(-c2nnc(SCC(=O)N3CC(C)CC(C)C3)n2C)c1. The molecule has 2 unspecified atom stereocenters. The van der Waals surface area contributed by atoms with Gasteiger partial charge >= 0.3 is 0 Å². The van der Waals surface area contributed by atoms with Gasteiger partial charge in [0.25, 0.3) is 0 Å². The Morgan fingerprint density at radius 2 is 1.96 bits per heavy atom. The largest absolute Gasteiger partial charge is 0.341 e. The Balaban J connectivity index is 1.65. The van der Waals surface area contributed by atoms with Crippen molar-refractivity contribution in [3.05, 3.63) is 29.8 Å². The average Bonchev–Trinajstić information content (AvgIpc) is 2.92. The lowest BCUT2D eigenvalue weighted by molar-refractivity contribution is -0.130. The molecule has 0 spiro atoms. The van der Waals surface area contributed by atoms with E-state index in [-0.39, 0.29) is 5.91 Å². The van der Waals surface area contributed by atoms with E-state index in [1.54, 1.807) is 0 Å². The standard InChI is InChI=1S/C19H26N4OS/c1-13-6-5-7-16(9-13)18-20-21-19(22(18)4)25-12-17(24)23-10-14(2)8-15(3)11-23/h5-7,9,14-15H,8,10-12H2,1-4H3. The number of piperidine rings is 1. The second-order valence-electron chi connectivity index (χ2n) is 7.27. The van der Waals surface area contributed by atoms with Gasteiger partial charge in [-0.2, -0.15) is 0 Å². The minimum atomic E-state index is 0.198. The number of hydrogen-bond donors (Lipinski definition) is 0. The quantitative estimate of drug-likeness (QED) is 0.786. The van der Waals surface area contributed by atoms with Gasteiger partial charge in [-0.3, -0.25) is 4.79 Å². The topological polar surface area (TPSA) is 51.0 Å². The smallest absolute Gasteiger partial charge is 0.233 e. The molecule has 0 aliphatic carbocycles. The first-order valence-electron chi connectivity index (χ1n) is 8.81. The van der Waals surface area contributed by atoms with Crippen LogP contribution in [-0.4, -0.2) is 44.4 Å². The van der Waals surface area contributed by atoms with Crippen LogP contribution < -0.4 is 0 Å². The maximum atomic E-state index is 12.5. The molecule has 134 valence electrons. The van der Waals surface area contributed by atoms with Gasteiger partial charge in [0.05, 0.1) is 5.75 Å². The van der Waals surface area contributed by atoms with Crippen molar-refractivity contribution in [3.63, 3.8) is 0 Å². The van der Waals surface area contributed by atoms with Crippen LogP contribution >= 0.6 is 11.8 Å². The highest BCUT2D eigenvalue weighted by Crippen LogP contribution is 2.25. The van der Waals surface area contributed by atoms with Crippen molar-refractivity contribution in [1.29, 1.82) is 0 Å². The van der Waals surface area contributed by atoms with Crippen LogP contribution in [0.4, 0.5) is 0 Å². The van der Waals surface area contributed by atoms with E-state index in [9.17, 15) is 4.79 Å². The second kappa shape index (κ2) is 7.60. The third-order valence-electron chi connectivity index (χ3n) is 4.66. The number of likely N-dealkylation sites (tertiary alicyclic amines) is 1. The number of aromatic nitrogens is 3. The molecule has 0 N–H and O–H groups in total. The Hall–Kier alpha value is -1.82. The molecule has 2 heterocycles. The van der Waals surface area contributed by atoms with E-state index >= 15 is 0 Å². The highest BCUT2D eigenvalue weighted by molar-refractivity contribution is 7.99. The fourth-order valence-electron chi connectivity index (χ4n) is 3.56. The van der Waals surface area contributed by atoms with Gasteiger partial charge in [0.15, 0.2) is 11.0 Å². The number of benzene rings is 1. The van der Waals surface area contributed by atoms with Gasteiger partial charge in [-0.1, -0.05) is 49.4 Å². The van der Waals surface area contributed by atoms with E-state index in [4.69, 9.17) is 0 Å². The summed E-state index contributed by atoms with van der Waals surface area (Å²) in [5, 5.41) is 9.36. The number of carbonyl (C=O) groups excluding carboxylic acids is 1. The third-order valence-corrected chi connectivity index (χ3v) is 5.66. The highest BCUT2D eigenvalue weighted by atomic mass is 32.2. The van der Waals surface area contributed by atoms with Crippen LogP contribution in [-0.2, 0) is 11.8 Å². The summed E-state index contributed by atoms with van der Waals surface area (Å²) in [5.74, 6) is 2.61. The van der Waals surface area contributed by atoms with E-state index < -0.39 is 0 Å². The minimum Gasteiger partial charge on any atom is -0.341 e. The molecule has 0 bridgehead atoms. The van der Waals surface area contributed by atoms with Crippen molar-refractivity contribution in [3.8, 4) is 11.4 Å². The molecule has 2 atom stereocenters. The number of hydrogen-bond acceptors (Lipinski definition) is 4. The zero-order valence-electron chi connectivity index (χ0n) is 15.4. The summed E-state index contributed by atoms with van der Waals surface area (Å²) in [6, 6.07) is 8.22. The lowest BCUT2D eigenvalue weighted by Crippen LogP contribution is -2.43. The zero-order chi connectivity index (χ0) is 18.0. The van der Waals surface area contributed by atoms with Crippen LogP contribution in [0.25, 0.3) is 11.4 Å². The van der Waals surface area contributed by atoms with Crippen LogP contribution in [0.1, 0.15) is 25.8 Å². The van der Waals surface area contributed by atoms with Gasteiger partial charge in [-0.15, -0.1) is 10.2 Å². The molecule has 3 rings (SSSR count). The van der Waals surface area contributed by atoms with Crippen molar-refractivity contribution in [2.24, 2.45) is 18.9 Å². The highest BCUT2D eigenvalue weighted by Gasteiger charge is 2.25. The monoisotopic (exact) mass is 358 g/mol. The maximum Gasteiger partial charge on any atom is 0.233 e. The normalized spacial score (nSPS) is 20.7. The molecule has 1 aliphatic heterocycles. The Bertz CT molecular complexity index is 748. The molecule has 1 fully saturated rings. The van der Waals surface area contributed by atoms with Crippen molar-refractivity contribution >= 4 is 17.7 Å². The third kappa shape index (κ3) is 4.24. The molecular weight excluding hydrogens is 332 g/mol. The molecule has 25 heavy (non-hydrogen) atoms. The average molecular weight is 359 g/mol. The predicted molar refractivity (Wildman–Crippen MR) is 101 cm³/mol. The number of carbonyl (C=O) groups is 1. The van der Waals surface area contributed by atoms with Crippen LogP contribution in [0.2, 0.25) is 0 Å². The van der Waals surface area contributed by atoms with Gasteiger partial charge in [0.2, 0.25) is 5.91 Å². The molecule has 1 aromatic heterocycles. The van der Waals surface area contributed by atoms with Crippen molar-refractivity contribution < 1.29 is 4.79 Å². The second-order valence-corrected chi connectivity index (χ2v) is 8.21. The number of thioether (sulfide) groups is 1. The molecule has 2 aromatic rings. The number of rotatable bonds is 4. The lowest BCUT2D eigenvalue weighted by Gasteiger charge is -2.34. The maximum absolute atomic E-state index is 12.5. The van der Waals surface area contributed by atoms with Gasteiger partial charge < -0.3 is 9.47 Å². The summed E-state index contributed by atoms with van der Waals surface area (Å²) in [5.41, 5.74) is 2.24. The molecule has 1 aromatic carbocycles. The van der Waals surface area contributed by atoms with Crippen molar-refractivity contribution in [2.45, 2.75) is 32.3 Å². The molecule has 6 heteroatoms. The van der Waals surface area contributed by atoms with E-state index in [2.05, 4.69) is 43.1 Å². The van der Waals surface area contributed by atoms with Crippen molar-refractivity contribution in [1.82, 2.24) is 19.7 Å². The summed E-state index contributed by atoms with van der Waals surface area (Å²) in [4.78, 5) is 14.5. The minimum absolute atomic E-state index is 0.198. The van der Waals surface area contributed by atoms with Crippen molar-refractivity contribution in [2.75, 3.05) is 18.8 Å². The number of aryl methyl sites for hydroxylation is 1. The molecule has 0 radical (unpaired) electrons. The predicted octanol–water partition coefficient (Wildman–Crippen LogP) is 3.39. The summed E-state index contributed by atoms with van der Waals surface area (Å²) >= 11 is 1.47. The first-order chi connectivity index (χ1) is 11.9. The Morgan fingerprint density at radius 3 is 2.64 bits per heavy atom. The first-order valence-corrected chi connectivity index (χ1v) is 9.79. The molecule has 0 saturated carbocycles. The van der Waals surface area contributed by atoms with Gasteiger partial charge in [-0.25, -0.2) is 0 Å². The summed E-state index contributed by atoms with van der Waals surface area (Å²) in [6.45, 7) is 8.25. The van der Waals surface area contributed by atoms with Gasteiger partial charge in [0.1, 0.15) is 0 Å². The van der Waals surface area contributed by atoms with Crippen LogP contribution in [0, 0.1) is 18.8 Å². The fourth-order valence-corrected chi connectivity index (χ4v) is 4.37. The molecule has 1 saturated heterocycles.